The number of unbranched alkanes of at least 4 members (excludes halogenated alkanes) is 15. The van der Waals surface area contributed by atoms with Gasteiger partial charge >= 0.3 is 19.8 Å². The summed E-state index contributed by atoms with van der Waals surface area (Å²) in [4.78, 5) is 41.3. The fraction of sp³-hybridized carbons (Fsp3) is 0.688. The van der Waals surface area contributed by atoms with Crippen molar-refractivity contribution in [3.63, 3.8) is 0 Å². The number of nitrogens with zero attached hydrogens (tertiary/aromatic N) is 4. The first-order chi connectivity index (χ1) is 31.3. The highest BCUT2D eigenvalue weighted by molar-refractivity contribution is 7.47. The van der Waals surface area contributed by atoms with Gasteiger partial charge in [0.25, 0.3) is 0 Å². The van der Waals surface area contributed by atoms with Gasteiger partial charge in [0.2, 0.25) is 5.60 Å². The van der Waals surface area contributed by atoms with Crippen LogP contribution in [0.15, 0.2) is 48.8 Å². The molecule has 0 saturated carbocycles. The number of rotatable bonds is 33. The molecule has 1 unspecified atom stereocenters. The lowest BCUT2D eigenvalue weighted by atomic mass is 9.92. The van der Waals surface area contributed by atoms with Gasteiger partial charge in [-0.05, 0) is 24.1 Å². The Hall–Kier alpha value is -3.94. The number of hydrogen-bond acceptors (Lipinski definition) is 14. The summed E-state index contributed by atoms with van der Waals surface area (Å²) in [6, 6.07) is 14.7. The van der Waals surface area contributed by atoms with E-state index in [9.17, 15) is 24.3 Å². The number of nitriles is 1. The quantitative estimate of drug-likeness (QED) is 0.0330. The monoisotopic (exact) mass is 928 g/mol. The van der Waals surface area contributed by atoms with Crippen LogP contribution in [-0.4, -0.2) is 82.3 Å². The molecule has 3 heterocycles. The van der Waals surface area contributed by atoms with Gasteiger partial charge in [0.05, 0.1) is 44.0 Å². The van der Waals surface area contributed by atoms with Crippen LogP contribution in [0.2, 0.25) is 0 Å². The van der Waals surface area contributed by atoms with Crippen molar-refractivity contribution in [2.75, 3.05) is 32.2 Å². The van der Waals surface area contributed by atoms with Crippen molar-refractivity contribution in [2.45, 2.75) is 174 Å². The highest BCUT2D eigenvalue weighted by Crippen LogP contribution is 2.48. The van der Waals surface area contributed by atoms with E-state index in [0.29, 0.717) is 12.1 Å². The Morgan fingerprint density at radius 2 is 1.43 bits per heavy atom. The maximum atomic E-state index is 13.5. The maximum Gasteiger partial charge on any atom is 0.472 e. The predicted octanol–water partition coefficient (Wildman–Crippen LogP) is 9.56. The van der Waals surface area contributed by atoms with Crippen LogP contribution in [0, 0.1) is 23.2 Å². The summed E-state index contributed by atoms with van der Waals surface area (Å²) in [6.07, 6.45) is 16.4. The largest absolute Gasteiger partial charge is 0.472 e. The lowest BCUT2D eigenvalue weighted by Gasteiger charge is -2.29. The van der Waals surface area contributed by atoms with E-state index in [-0.39, 0.29) is 31.3 Å². The van der Waals surface area contributed by atoms with Gasteiger partial charge in [-0.15, -0.1) is 0 Å². The van der Waals surface area contributed by atoms with E-state index in [0.717, 1.165) is 24.8 Å². The zero-order valence-corrected chi connectivity index (χ0v) is 40.2. The van der Waals surface area contributed by atoms with Crippen molar-refractivity contribution in [1.29, 1.82) is 5.26 Å². The number of fused-ring (bicyclic) bond motifs is 1. The molecule has 1 aliphatic rings. The van der Waals surface area contributed by atoms with E-state index in [1.807, 2.05) is 30.3 Å². The molecule has 2 aromatic heterocycles. The van der Waals surface area contributed by atoms with Gasteiger partial charge in [0, 0.05) is 6.61 Å². The van der Waals surface area contributed by atoms with Crippen LogP contribution >= 0.6 is 7.82 Å². The Morgan fingerprint density at radius 3 is 2.02 bits per heavy atom. The second-order valence-corrected chi connectivity index (χ2v) is 19.0. The van der Waals surface area contributed by atoms with Crippen molar-refractivity contribution < 1.29 is 51.8 Å². The van der Waals surface area contributed by atoms with E-state index in [1.165, 1.54) is 100 Å². The number of esters is 2. The minimum absolute atomic E-state index is 0.0835. The summed E-state index contributed by atoms with van der Waals surface area (Å²) in [7, 11) is -4.86. The zero-order valence-electron chi connectivity index (χ0n) is 39.3. The van der Waals surface area contributed by atoms with E-state index < -0.39 is 68.2 Å². The van der Waals surface area contributed by atoms with Gasteiger partial charge in [-0.1, -0.05) is 161 Å². The number of anilines is 1. The minimum atomic E-state index is -4.86. The van der Waals surface area contributed by atoms with Gasteiger partial charge < -0.3 is 34.3 Å². The Kier molecular flexibility index (Phi) is 23.4. The normalized spacial score (nSPS) is 20.0. The molecule has 362 valence electrons. The highest BCUT2D eigenvalue weighted by Gasteiger charge is 2.63. The highest BCUT2D eigenvalue weighted by atomic mass is 31.2. The van der Waals surface area contributed by atoms with Crippen molar-refractivity contribution in [3.8, 4) is 6.07 Å². The number of nitrogen functional groups attached to an aromatic ring is 1. The second-order valence-electron chi connectivity index (χ2n) is 17.6. The smallest absolute Gasteiger partial charge is 0.455 e. The molecule has 0 amide bonds. The van der Waals surface area contributed by atoms with E-state index in [2.05, 4.69) is 23.1 Å². The summed E-state index contributed by atoms with van der Waals surface area (Å²) in [6.45, 7) is 8.43. The summed E-state index contributed by atoms with van der Waals surface area (Å²) >= 11 is 0. The Labute approximate surface area is 385 Å². The third-order valence-corrected chi connectivity index (χ3v) is 12.4. The zero-order chi connectivity index (χ0) is 47.1. The average molecular weight is 928 g/mol. The van der Waals surface area contributed by atoms with Gasteiger partial charge in [0.1, 0.15) is 30.1 Å². The van der Waals surface area contributed by atoms with Crippen molar-refractivity contribution in [1.82, 2.24) is 14.6 Å². The molecule has 17 heteroatoms. The van der Waals surface area contributed by atoms with Crippen LogP contribution in [0.25, 0.3) is 5.52 Å². The molecule has 16 nitrogen and oxygen atoms in total. The van der Waals surface area contributed by atoms with E-state index >= 15 is 0 Å². The topological polar surface area (TPSA) is 216 Å². The van der Waals surface area contributed by atoms with E-state index in [1.54, 1.807) is 33.8 Å². The summed E-state index contributed by atoms with van der Waals surface area (Å²) in [5.74, 6) is -2.59. The molecular weight excluding hydrogens is 854 g/mol. The van der Waals surface area contributed by atoms with E-state index in [4.69, 9.17) is 38.5 Å². The average Bonchev–Trinajstić information content (AvgIpc) is 3.86. The molecule has 0 spiro atoms. The lowest BCUT2D eigenvalue weighted by Crippen LogP contribution is -2.47. The number of benzene rings is 1. The predicted molar refractivity (Wildman–Crippen MR) is 246 cm³/mol. The lowest BCUT2D eigenvalue weighted by molar-refractivity contribution is -0.173. The molecule has 65 heavy (non-hydrogen) atoms. The molecule has 3 N–H and O–H groups in total. The number of phosphoric ester groups is 1. The number of carbonyl (C=O) groups is 2. The number of aromatic nitrogens is 3. The molecule has 3 aromatic rings. The SMILES string of the molecule is CCCCCCCCCCCCCCCCCCOC[C@H](COP(=O)(O)OC[C@H]1O[C@@](C#N)(c2ccc3c(N)ncnn23)[C@H](OC(=O)C(C)C)[C@@H]1OC(=O)C(C)C)OCc1ccccc1. The molecule has 1 aromatic carbocycles. The third kappa shape index (κ3) is 17.3. The Bertz CT molecular complexity index is 1940. The number of hydrogen-bond donors (Lipinski definition) is 2. The first kappa shape index (κ1) is 53.7. The van der Waals surface area contributed by atoms with Gasteiger partial charge in [-0.3, -0.25) is 18.6 Å². The summed E-state index contributed by atoms with van der Waals surface area (Å²) < 4.78 is 55.9. The minimum Gasteiger partial charge on any atom is -0.455 e. The van der Waals surface area contributed by atoms with Crippen molar-refractivity contribution in [3.05, 3.63) is 60.0 Å². The van der Waals surface area contributed by atoms with Gasteiger partial charge in [-0.2, -0.15) is 10.4 Å². The molecule has 0 aliphatic carbocycles. The summed E-state index contributed by atoms with van der Waals surface area (Å²) in [5, 5.41) is 15.1. The fourth-order valence-corrected chi connectivity index (χ4v) is 8.38. The number of phosphoric acid groups is 1. The standard InChI is InChI=1S/C48H74N5O11P/c1-6-7-8-9-10-11-12-13-14-15-16-17-18-19-20-24-29-58-31-39(59-30-38-25-22-21-23-26-38)32-60-65(56,57)61-33-41-43(62-46(54)36(2)3)44(63-47(55)37(4)5)48(34-49,64-41)42-28-27-40-45(50)51-35-52-53(40)42/h21-23,25-28,35-37,39,41,43-44H,6-20,24,29-33H2,1-5H3,(H,56,57)(H2,50,51,52)/t39-,41-,43-,44-,48+/m1/s1. The van der Waals surface area contributed by atoms with Crippen LogP contribution in [0.3, 0.4) is 0 Å². The molecular formula is C48H74N5O11P. The van der Waals surface area contributed by atoms with Crippen LogP contribution in [-0.2, 0) is 59.1 Å². The van der Waals surface area contributed by atoms with Crippen LogP contribution in [0.4, 0.5) is 5.82 Å². The molecule has 1 fully saturated rings. The molecule has 1 saturated heterocycles. The van der Waals surface area contributed by atoms with Crippen molar-refractivity contribution >= 4 is 31.1 Å². The fourth-order valence-electron chi connectivity index (χ4n) is 7.62. The summed E-state index contributed by atoms with van der Waals surface area (Å²) in [5.41, 5.74) is 5.24. The number of carbonyl (C=O) groups excluding carboxylic acids is 2. The Balaban J connectivity index is 1.33. The third-order valence-electron chi connectivity index (χ3n) is 11.5. The number of nitrogens with two attached hydrogens (primary N) is 1. The first-order valence-electron chi connectivity index (χ1n) is 23.8. The van der Waals surface area contributed by atoms with Gasteiger partial charge in [-0.25, -0.2) is 14.1 Å². The molecule has 0 radical (unpaired) electrons. The van der Waals surface area contributed by atoms with Crippen LogP contribution in [0.1, 0.15) is 149 Å². The molecule has 0 bridgehead atoms. The van der Waals surface area contributed by atoms with Crippen LogP contribution in [0.5, 0.6) is 0 Å². The number of ether oxygens (including phenoxy) is 5. The molecule has 4 rings (SSSR count). The van der Waals surface area contributed by atoms with Crippen molar-refractivity contribution in [2.24, 2.45) is 11.8 Å². The Morgan fingerprint density at radius 1 is 0.846 bits per heavy atom. The van der Waals surface area contributed by atoms with Crippen LogP contribution < -0.4 is 5.73 Å². The maximum absolute atomic E-state index is 13.5. The molecule has 6 atom stereocenters. The second kappa shape index (κ2) is 28.3. The molecule has 1 aliphatic heterocycles. The van der Waals surface area contributed by atoms with Gasteiger partial charge in [0.15, 0.2) is 18.0 Å². The first-order valence-corrected chi connectivity index (χ1v) is 25.2.